The van der Waals surface area contributed by atoms with E-state index >= 15 is 0 Å². The first-order valence-corrected chi connectivity index (χ1v) is 6.46. The van der Waals surface area contributed by atoms with Crippen LogP contribution < -0.4 is 11.1 Å². The third-order valence-corrected chi connectivity index (χ3v) is 3.36. The van der Waals surface area contributed by atoms with Crippen LogP contribution in [-0.4, -0.2) is 31.8 Å². The number of nitrogens with one attached hydrogen (secondary N) is 1. The largest absolute Gasteiger partial charge is 0.465 e. The number of methoxy groups -OCH3 is 1. The van der Waals surface area contributed by atoms with Crippen molar-refractivity contribution < 1.29 is 14.3 Å². The molecule has 19 heavy (non-hydrogen) atoms. The van der Waals surface area contributed by atoms with Crippen molar-refractivity contribution in [2.45, 2.75) is 31.9 Å². The molecule has 1 aromatic rings. The number of benzene rings is 1. The molecular formula is C14H20N2O3. The molecule has 0 bridgehead atoms. The molecule has 5 nitrogen and oxygen atoms in total. The summed E-state index contributed by atoms with van der Waals surface area (Å²) in [4.78, 5) is 11.6. The summed E-state index contributed by atoms with van der Waals surface area (Å²) < 4.78 is 10.2. The molecule has 1 heterocycles. The van der Waals surface area contributed by atoms with E-state index in [2.05, 4.69) is 12.2 Å². The summed E-state index contributed by atoms with van der Waals surface area (Å²) >= 11 is 0. The van der Waals surface area contributed by atoms with Crippen LogP contribution in [0.4, 0.5) is 11.4 Å². The predicted molar refractivity (Wildman–Crippen MR) is 74.3 cm³/mol. The molecule has 0 spiro atoms. The lowest BCUT2D eigenvalue weighted by atomic mass is 10.0. The molecule has 2 unspecified atom stereocenters. The number of carbonyl (C=O) groups excluding carboxylic acids is 1. The number of rotatable bonds is 3. The second-order valence-electron chi connectivity index (χ2n) is 4.81. The van der Waals surface area contributed by atoms with Crippen LogP contribution in [0.5, 0.6) is 0 Å². The Hall–Kier alpha value is -1.75. The molecule has 0 saturated carbocycles. The van der Waals surface area contributed by atoms with Gasteiger partial charge in [0.2, 0.25) is 0 Å². The molecule has 2 rings (SSSR count). The zero-order valence-electron chi connectivity index (χ0n) is 11.3. The maximum atomic E-state index is 11.6. The van der Waals surface area contributed by atoms with Crippen molar-refractivity contribution in [1.29, 1.82) is 0 Å². The minimum absolute atomic E-state index is 0.247. The van der Waals surface area contributed by atoms with Gasteiger partial charge in [0, 0.05) is 12.6 Å². The second kappa shape index (κ2) is 5.93. The lowest BCUT2D eigenvalue weighted by molar-refractivity contribution is 0.0232. The number of hydrogen-bond acceptors (Lipinski definition) is 5. The molecule has 0 aromatic heterocycles. The summed E-state index contributed by atoms with van der Waals surface area (Å²) in [5.74, 6) is -0.415. The summed E-state index contributed by atoms with van der Waals surface area (Å²) in [5, 5.41) is 3.39. The van der Waals surface area contributed by atoms with E-state index in [9.17, 15) is 4.79 Å². The molecule has 1 aliphatic heterocycles. The smallest absolute Gasteiger partial charge is 0.340 e. The maximum absolute atomic E-state index is 11.6. The molecule has 0 amide bonds. The van der Waals surface area contributed by atoms with Gasteiger partial charge in [0.05, 0.1) is 30.2 Å². The highest BCUT2D eigenvalue weighted by Crippen LogP contribution is 2.26. The summed E-state index contributed by atoms with van der Waals surface area (Å²) in [6.45, 7) is 2.80. The van der Waals surface area contributed by atoms with Gasteiger partial charge in [-0.05, 0) is 31.9 Å². The van der Waals surface area contributed by atoms with Crippen molar-refractivity contribution in [3.63, 3.8) is 0 Å². The molecular weight excluding hydrogens is 244 g/mol. The van der Waals surface area contributed by atoms with E-state index in [1.165, 1.54) is 7.11 Å². The minimum atomic E-state index is -0.415. The van der Waals surface area contributed by atoms with E-state index in [4.69, 9.17) is 15.2 Å². The van der Waals surface area contributed by atoms with Gasteiger partial charge in [0.1, 0.15) is 0 Å². The summed E-state index contributed by atoms with van der Waals surface area (Å²) in [5.41, 5.74) is 7.63. The van der Waals surface area contributed by atoms with Gasteiger partial charge in [0.15, 0.2) is 0 Å². The highest BCUT2D eigenvalue weighted by atomic mass is 16.5. The zero-order chi connectivity index (χ0) is 13.8. The number of anilines is 2. The number of nitrogens with two attached hydrogens (primary N) is 1. The first kappa shape index (κ1) is 13.7. The molecule has 1 saturated heterocycles. The normalized spacial score (nSPS) is 22.8. The topological polar surface area (TPSA) is 73.6 Å². The van der Waals surface area contributed by atoms with E-state index in [1.807, 2.05) is 6.07 Å². The van der Waals surface area contributed by atoms with E-state index in [0.717, 1.165) is 25.1 Å². The van der Waals surface area contributed by atoms with Gasteiger partial charge in [-0.15, -0.1) is 0 Å². The van der Waals surface area contributed by atoms with Crippen molar-refractivity contribution in [3.8, 4) is 0 Å². The number of hydrogen-bond donors (Lipinski definition) is 2. The fourth-order valence-electron chi connectivity index (χ4n) is 2.33. The molecule has 3 N–H and O–H groups in total. The number of para-hydroxylation sites is 1. The lowest BCUT2D eigenvalue weighted by Gasteiger charge is -2.29. The summed E-state index contributed by atoms with van der Waals surface area (Å²) in [7, 11) is 1.35. The molecule has 1 aliphatic rings. The fraction of sp³-hybridized carbons (Fsp3) is 0.500. The third-order valence-electron chi connectivity index (χ3n) is 3.36. The Bertz CT molecular complexity index is 462. The van der Waals surface area contributed by atoms with Crippen LogP contribution in [0.25, 0.3) is 0 Å². The molecule has 1 aromatic carbocycles. The fourth-order valence-corrected chi connectivity index (χ4v) is 2.33. The molecule has 1 fully saturated rings. The number of ether oxygens (including phenoxy) is 2. The Balaban J connectivity index is 2.14. The molecule has 5 heteroatoms. The average Bonchev–Trinajstić information content (AvgIpc) is 2.40. The first-order valence-electron chi connectivity index (χ1n) is 6.46. The summed E-state index contributed by atoms with van der Waals surface area (Å²) in [6.07, 6.45) is 2.12. The highest BCUT2D eigenvalue weighted by Gasteiger charge is 2.21. The Morgan fingerprint density at radius 3 is 3.00 bits per heavy atom. The Kier molecular flexibility index (Phi) is 4.27. The van der Waals surface area contributed by atoms with E-state index in [-0.39, 0.29) is 6.10 Å². The van der Waals surface area contributed by atoms with Gasteiger partial charge >= 0.3 is 5.97 Å². The van der Waals surface area contributed by atoms with E-state index in [1.54, 1.807) is 12.1 Å². The second-order valence-corrected chi connectivity index (χ2v) is 4.81. The average molecular weight is 264 g/mol. The predicted octanol–water partition coefficient (Wildman–Crippen LogP) is 2.03. The van der Waals surface area contributed by atoms with Gasteiger partial charge in [-0.2, -0.15) is 0 Å². The van der Waals surface area contributed by atoms with Gasteiger partial charge in [-0.1, -0.05) is 6.07 Å². The van der Waals surface area contributed by atoms with E-state index in [0.29, 0.717) is 17.3 Å². The first-order chi connectivity index (χ1) is 9.11. The number of nitrogen functional groups attached to an aromatic ring is 1. The van der Waals surface area contributed by atoms with Crippen molar-refractivity contribution in [2.24, 2.45) is 0 Å². The lowest BCUT2D eigenvalue weighted by Crippen LogP contribution is -2.32. The third kappa shape index (κ3) is 3.17. The highest BCUT2D eigenvalue weighted by molar-refractivity contribution is 5.98. The standard InChI is InChI=1S/C14H20N2O3/c1-9-8-10(6-7-19-9)16-12-5-3-4-11(13(12)15)14(17)18-2/h3-5,9-10,16H,6-8,15H2,1-2H3. The molecule has 2 atom stereocenters. The Morgan fingerprint density at radius 1 is 1.53 bits per heavy atom. The van der Waals surface area contributed by atoms with Crippen LogP contribution in [0.1, 0.15) is 30.1 Å². The summed E-state index contributed by atoms with van der Waals surface area (Å²) in [6, 6.07) is 5.66. The quantitative estimate of drug-likeness (QED) is 0.645. The number of esters is 1. The van der Waals surface area contributed by atoms with Crippen LogP contribution in [-0.2, 0) is 9.47 Å². The van der Waals surface area contributed by atoms with Gasteiger partial charge in [0.25, 0.3) is 0 Å². The van der Waals surface area contributed by atoms with Crippen molar-refractivity contribution >= 4 is 17.3 Å². The molecule has 0 aliphatic carbocycles. The van der Waals surface area contributed by atoms with Gasteiger partial charge in [-0.3, -0.25) is 0 Å². The van der Waals surface area contributed by atoms with Crippen LogP contribution in [0, 0.1) is 0 Å². The molecule has 0 radical (unpaired) electrons. The van der Waals surface area contributed by atoms with Gasteiger partial charge < -0.3 is 20.5 Å². The zero-order valence-corrected chi connectivity index (χ0v) is 11.3. The SMILES string of the molecule is COC(=O)c1cccc(NC2CCOC(C)C2)c1N. The monoisotopic (exact) mass is 264 g/mol. The van der Waals surface area contributed by atoms with Crippen molar-refractivity contribution in [2.75, 3.05) is 24.8 Å². The molecule has 104 valence electrons. The Labute approximate surface area is 113 Å². The van der Waals surface area contributed by atoms with Crippen LogP contribution in [0.15, 0.2) is 18.2 Å². The minimum Gasteiger partial charge on any atom is -0.465 e. The van der Waals surface area contributed by atoms with Crippen LogP contribution >= 0.6 is 0 Å². The van der Waals surface area contributed by atoms with E-state index < -0.39 is 5.97 Å². The number of carbonyl (C=O) groups is 1. The van der Waals surface area contributed by atoms with Crippen molar-refractivity contribution in [1.82, 2.24) is 0 Å². The van der Waals surface area contributed by atoms with Crippen molar-refractivity contribution in [3.05, 3.63) is 23.8 Å². The van der Waals surface area contributed by atoms with Crippen LogP contribution in [0.2, 0.25) is 0 Å². The van der Waals surface area contributed by atoms with Crippen LogP contribution in [0.3, 0.4) is 0 Å². The maximum Gasteiger partial charge on any atom is 0.340 e. The Morgan fingerprint density at radius 2 is 2.32 bits per heavy atom. The van der Waals surface area contributed by atoms with Gasteiger partial charge in [-0.25, -0.2) is 4.79 Å².